The van der Waals surface area contributed by atoms with Crippen LogP contribution in [-0.4, -0.2) is 87.5 Å². The number of carbonyl (C=O) groups is 1. The molecule has 9 heteroatoms. The van der Waals surface area contributed by atoms with E-state index in [1.54, 1.807) is 0 Å². The van der Waals surface area contributed by atoms with Crippen LogP contribution in [-0.2, 0) is 14.3 Å². The number of aliphatic hydroxyl groups is 5. The fourth-order valence-corrected chi connectivity index (χ4v) is 10.1. The molecular weight excluding hydrogens is 887 g/mol. The molecule has 0 spiro atoms. The molecule has 0 radical (unpaired) electrons. The third kappa shape index (κ3) is 41.6. The molecule has 7 unspecified atom stereocenters. The third-order valence-corrected chi connectivity index (χ3v) is 15.1. The van der Waals surface area contributed by atoms with E-state index in [2.05, 4.69) is 43.5 Å². The summed E-state index contributed by atoms with van der Waals surface area (Å²) in [4.78, 5) is 13.1. The summed E-state index contributed by atoms with van der Waals surface area (Å²) in [6.07, 6.45) is 59.3. The largest absolute Gasteiger partial charge is 0.394 e. The van der Waals surface area contributed by atoms with Gasteiger partial charge in [0, 0.05) is 6.42 Å². The minimum Gasteiger partial charge on any atom is -0.394 e. The molecule has 0 aromatic carbocycles. The van der Waals surface area contributed by atoms with Crippen LogP contribution in [0.25, 0.3) is 0 Å². The van der Waals surface area contributed by atoms with E-state index in [1.807, 2.05) is 0 Å². The van der Waals surface area contributed by atoms with Gasteiger partial charge >= 0.3 is 0 Å². The Morgan fingerprint density at radius 3 is 1.21 bits per heavy atom. The van der Waals surface area contributed by atoms with E-state index in [4.69, 9.17) is 9.47 Å². The third-order valence-electron chi connectivity index (χ3n) is 15.1. The summed E-state index contributed by atoms with van der Waals surface area (Å²) in [5.74, 6) is -0.147. The van der Waals surface area contributed by atoms with E-state index in [0.29, 0.717) is 12.8 Å². The quantitative estimate of drug-likeness (QED) is 0.0261. The van der Waals surface area contributed by atoms with Crippen molar-refractivity contribution in [1.29, 1.82) is 0 Å². The fraction of sp³-hybridized carbons (Fsp3) is 0.919. The lowest BCUT2D eigenvalue weighted by Gasteiger charge is -2.40. The number of allylic oxidation sites excluding steroid dienone is 4. The number of hydrogen-bond acceptors (Lipinski definition) is 8. The molecule has 1 saturated heterocycles. The summed E-state index contributed by atoms with van der Waals surface area (Å²) in [5.41, 5.74) is 0. The number of hydrogen-bond donors (Lipinski definition) is 6. The zero-order valence-electron chi connectivity index (χ0n) is 46.8. The van der Waals surface area contributed by atoms with Crippen LogP contribution in [0.2, 0.25) is 0 Å². The minimum atomic E-state index is -1.55. The molecule has 420 valence electrons. The monoisotopic (exact) mass is 1010 g/mol. The van der Waals surface area contributed by atoms with Gasteiger partial charge in [-0.05, 0) is 44.9 Å². The van der Waals surface area contributed by atoms with E-state index in [0.717, 1.165) is 51.4 Å². The van der Waals surface area contributed by atoms with Crippen molar-refractivity contribution in [2.75, 3.05) is 13.2 Å². The van der Waals surface area contributed by atoms with Crippen LogP contribution in [0.4, 0.5) is 0 Å². The van der Waals surface area contributed by atoms with Gasteiger partial charge < -0.3 is 40.3 Å². The van der Waals surface area contributed by atoms with Crippen LogP contribution in [0, 0.1) is 0 Å². The van der Waals surface area contributed by atoms with Crippen molar-refractivity contribution in [2.45, 2.75) is 352 Å². The molecule has 1 rings (SSSR count). The molecule has 1 heterocycles. The lowest BCUT2D eigenvalue weighted by Crippen LogP contribution is -2.60. The summed E-state index contributed by atoms with van der Waals surface area (Å²) in [5, 5.41) is 54.8. The van der Waals surface area contributed by atoms with Crippen molar-refractivity contribution in [2.24, 2.45) is 0 Å². The summed E-state index contributed by atoms with van der Waals surface area (Å²) < 4.78 is 11.3. The van der Waals surface area contributed by atoms with Gasteiger partial charge in [-0.1, -0.05) is 282 Å². The zero-order valence-corrected chi connectivity index (χ0v) is 46.8. The maximum atomic E-state index is 13.1. The number of carbonyl (C=O) groups excluding carboxylic acids is 1. The average Bonchev–Trinajstić information content (AvgIpc) is 3.37. The van der Waals surface area contributed by atoms with Gasteiger partial charge in [-0.2, -0.15) is 0 Å². The van der Waals surface area contributed by atoms with Crippen molar-refractivity contribution >= 4 is 5.91 Å². The second-order valence-electron chi connectivity index (χ2n) is 21.9. The summed E-state index contributed by atoms with van der Waals surface area (Å²) in [6, 6.07) is -0.723. The van der Waals surface area contributed by atoms with E-state index in [-0.39, 0.29) is 12.5 Å². The Balaban J connectivity index is 2.18. The van der Waals surface area contributed by atoms with Gasteiger partial charge in [0.15, 0.2) is 6.29 Å². The Labute approximate surface area is 439 Å². The first-order valence-electron chi connectivity index (χ1n) is 31.0. The topological polar surface area (TPSA) is 149 Å². The Hall–Kier alpha value is -1.33. The normalized spacial score (nSPS) is 19.3. The van der Waals surface area contributed by atoms with Gasteiger partial charge in [-0.25, -0.2) is 0 Å². The molecule has 0 aliphatic carbocycles. The highest BCUT2D eigenvalue weighted by molar-refractivity contribution is 5.76. The van der Waals surface area contributed by atoms with Crippen molar-refractivity contribution in [3.63, 3.8) is 0 Å². The number of amides is 1. The van der Waals surface area contributed by atoms with Crippen LogP contribution in [0.1, 0.15) is 309 Å². The highest BCUT2D eigenvalue weighted by Gasteiger charge is 2.44. The van der Waals surface area contributed by atoms with E-state index in [1.165, 1.54) is 231 Å². The lowest BCUT2D eigenvalue weighted by atomic mass is 9.99. The molecule has 1 aliphatic rings. The molecular formula is C62H119NO8. The fourth-order valence-electron chi connectivity index (χ4n) is 10.1. The Bertz CT molecular complexity index is 1170. The first-order valence-corrected chi connectivity index (χ1v) is 31.0. The molecule has 71 heavy (non-hydrogen) atoms. The molecule has 1 aliphatic heterocycles. The Morgan fingerprint density at radius 2 is 0.831 bits per heavy atom. The van der Waals surface area contributed by atoms with Crippen molar-refractivity contribution in [3.8, 4) is 0 Å². The smallest absolute Gasteiger partial charge is 0.220 e. The standard InChI is InChI=1S/C62H119NO8/c1-3-5-7-9-11-13-15-17-19-21-23-25-27-28-30-31-33-35-37-39-41-43-45-47-49-51-56(65)55(54-70-62-61(69)60(68)59(67)57(53-64)71-62)63-58(66)52-50-48-46-44-42-40-38-36-34-32-29-26-24-22-20-18-16-14-12-10-8-6-4-2/h24,26,32,34,55-57,59-62,64-65,67-69H,3-23,25,27-31,33,35-54H2,1-2H3,(H,63,66)/b26-24-,34-32-. The van der Waals surface area contributed by atoms with Crippen LogP contribution < -0.4 is 5.32 Å². The van der Waals surface area contributed by atoms with Gasteiger partial charge in [-0.15, -0.1) is 0 Å². The maximum absolute atomic E-state index is 13.1. The van der Waals surface area contributed by atoms with Gasteiger partial charge in [0.25, 0.3) is 0 Å². The predicted octanol–water partition coefficient (Wildman–Crippen LogP) is 15.7. The summed E-state index contributed by atoms with van der Waals surface area (Å²) in [7, 11) is 0. The van der Waals surface area contributed by atoms with Gasteiger partial charge in [-0.3, -0.25) is 4.79 Å². The van der Waals surface area contributed by atoms with Crippen molar-refractivity contribution in [3.05, 3.63) is 24.3 Å². The first-order chi connectivity index (χ1) is 34.8. The predicted molar refractivity (Wildman–Crippen MR) is 300 cm³/mol. The average molecular weight is 1010 g/mol. The number of unbranched alkanes of at least 4 members (excludes halogenated alkanes) is 40. The van der Waals surface area contributed by atoms with Crippen LogP contribution in [0.15, 0.2) is 24.3 Å². The number of ether oxygens (including phenoxy) is 2. The number of aliphatic hydroxyl groups excluding tert-OH is 5. The van der Waals surface area contributed by atoms with Gasteiger partial charge in [0.05, 0.1) is 25.4 Å². The molecule has 0 saturated carbocycles. The Kier molecular flexibility index (Phi) is 49.7. The molecule has 1 amide bonds. The van der Waals surface area contributed by atoms with E-state index < -0.39 is 49.5 Å². The molecule has 0 aromatic rings. The molecule has 9 nitrogen and oxygen atoms in total. The van der Waals surface area contributed by atoms with Crippen LogP contribution in [0.5, 0.6) is 0 Å². The number of nitrogens with one attached hydrogen (secondary N) is 1. The molecule has 1 fully saturated rings. The molecule has 6 N–H and O–H groups in total. The number of rotatable bonds is 54. The maximum Gasteiger partial charge on any atom is 0.220 e. The van der Waals surface area contributed by atoms with Gasteiger partial charge in [0.1, 0.15) is 24.4 Å². The second-order valence-corrected chi connectivity index (χ2v) is 21.9. The van der Waals surface area contributed by atoms with E-state index >= 15 is 0 Å². The highest BCUT2D eigenvalue weighted by atomic mass is 16.7. The Morgan fingerprint density at radius 1 is 0.479 bits per heavy atom. The molecule has 0 aromatic heterocycles. The minimum absolute atomic E-state index is 0.139. The zero-order chi connectivity index (χ0) is 51.5. The highest BCUT2D eigenvalue weighted by Crippen LogP contribution is 2.23. The lowest BCUT2D eigenvalue weighted by molar-refractivity contribution is -0.302. The van der Waals surface area contributed by atoms with Crippen LogP contribution >= 0.6 is 0 Å². The summed E-state index contributed by atoms with van der Waals surface area (Å²) >= 11 is 0. The van der Waals surface area contributed by atoms with Crippen molar-refractivity contribution < 1.29 is 39.8 Å². The SMILES string of the molecule is CCCCCCCCCCC/C=C\C/C=C\CCCCCCCCCC(=O)NC(COC1OC(CO)C(O)C(O)C1O)C(O)CCCCCCCCCCCCCCCCCCCCCCCCCCC. The first kappa shape index (κ1) is 67.7. The van der Waals surface area contributed by atoms with Crippen LogP contribution in [0.3, 0.4) is 0 Å². The summed E-state index contributed by atoms with van der Waals surface area (Å²) in [6.45, 7) is 3.88. The van der Waals surface area contributed by atoms with Crippen molar-refractivity contribution in [1.82, 2.24) is 5.32 Å². The second kappa shape index (κ2) is 52.1. The molecule has 7 atom stereocenters. The molecule has 0 bridgehead atoms. The van der Waals surface area contributed by atoms with Gasteiger partial charge in [0.2, 0.25) is 5.91 Å². The van der Waals surface area contributed by atoms with E-state index in [9.17, 15) is 30.3 Å².